The van der Waals surface area contributed by atoms with Crippen molar-refractivity contribution in [3.05, 3.63) is 68.9 Å². The van der Waals surface area contributed by atoms with E-state index >= 15 is 0 Å². The van der Waals surface area contributed by atoms with Gasteiger partial charge in [0.2, 0.25) is 5.43 Å². The molecule has 0 bridgehead atoms. The third kappa shape index (κ3) is 4.36. The molecule has 2 heterocycles. The average Bonchev–Trinajstić information content (AvgIpc) is 2.65. The Labute approximate surface area is 175 Å². The summed E-state index contributed by atoms with van der Waals surface area (Å²) in [5, 5.41) is 1.16. The Kier molecular flexibility index (Phi) is 5.99. The number of amides is 1. The number of rotatable bonds is 4. The fourth-order valence-corrected chi connectivity index (χ4v) is 3.07. The van der Waals surface area contributed by atoms with Crippen LogP contribution in [0.4, 0.5) is 26.3 Å². The first kappa shape index (κ1) is 22.6. The van der Waals surface area contributed by atoms with Crippen LogP contribution in [0.15, 0.2) is 35.3 Å². The molecule has 1 aromatic carbocycles. The second kappa shape index (κ2) is 8.22. The summed E-state index contributed by atoms with van der Waals surface area (Å²) in [6, 6.07) is 0.693. The Morgan fingerprint density at radius 2 is 1.81 bits per heavy atom. The van der Waals surface area contributed by atoms with Crippen LogP contribution in [0.3, 0.4) is 0 Å². The molecule has 2 aromatic heterocycles. The maximum absolute atomic E-state index is 14.4. The third-order valence-corrected chi connectivity index (χ3v) is 4.60. The first-order valence-corrected chi connectivity index (χ1v) is 9.06. The molecule has 0 aliphatic heterocycles. The molecule has 0 saturated carbocycles. The lowest BCUT2D eigenvalue weighted by Gasteiger charge is -2.20. The predicted molar refractivity (Wildman–Crippen MR) is 99.8 cm³/mol. The summed E-state index contributed by atoms with van der Waals surface area (Å²) in [5.41, 5.74) is -3.16. The number of halogens is 7. The second-order valence-corrected chi connectivity index (χ2v) is 6.83. The Hall–Kier alpha value is -3.08. The van der Waals surface area contributed by atoms with Crippen LogP contribution in [-0.4, -0.2) is 27.7 Å². The Bertz CT molecular complexity index is 1220. The highest BCUT2D eigenvalue weighted by Gasteiger charge is 2.39. The highest BCUT2D eigenvalue weighted by Crippen LogP contribution is 2.25. The summed E-state index contributed by atoms with van der Waals surface area (Å²) in [6.07, 6.45) is -4.67. The van der Waals surface area contributed by atoms with Gasteiger partial charge >= 0.3 is 6.18 Å². The van der Waals surface area contributed by atoms with Crippen LogP contribution < -0.4 is 10.7 Å². The molecular weight excluding hydrogens is 452 g/mol. The molecule has 3 aromatic rings. The van der Waals surface area contributed by atoms with E-state index in [-0.39, 0.29) is 16.2 Å². The van der Waals surface area contributed by atoms with Gasteiger partial charge in [0.15, 0.2) is 11.6 Å². The van der Waals surface area contributed by atoms with Crippen molar-refractivity contribution >= 4 is 28.5 Å². The number of nitrogens with zero attached hydrogens (tertiary/aromatic N) is 2. The van der Waals surface area contributed by atoms with E-state index in [0.29, 0.717) is 22.9 Å². The summed E-state index contributed by atoms with van der Waals surface area (Å²) >= 11 is 5.80. The molecule has 164 valence electrons. The number of carbonyl (C=O) groups is 1. The van der Waals surface area contributed by atoms with Gasteiger partial charge in [0.1, 0.15) is 33.9 Å². The molecule has 1 atom stereocenters. The average molecular weight is 464 g/mol. The number of alkyl halides is 3. The number of fused-ring (bicyclic) bond motifs is 1. The minimum Gasteiger partial charge on any atom is -0.340 e. The molecular formula is C19H12ClF6N3O2. The van der Waals surface area contributed by atoms with Crippen LogP contribution in [0.2, 0.25) is 5.15 Å². The summed E-state index contributed by atoms with van der Waals surface area (Å²) in [6.45, 7) is 1.17. The van der Waals surface area contributed by atoms with E-state index in [2.05, 4.69) is 4.98 Å². The van der Waals surface area contributed by atoms with Crippen LogP contribution in [0.1, 0.15) is 23.7 Å². The molecule has 12 heteroatoms. The molecule has 1 N–H and O–H groups in total. The summed E-state index contributed by atoms with van der Waals surface area (Å²) < 4.78 is 81.8. The molecule has 0 fully saturated rings. The summed E-state index contributed by atoms with van der Waals surface area (Å²) in [7, 11) is 0. The second-order valence-electron chi connectivity index (χ2n) is 6.44. The fraction of sp³-hybridized carbons (Fsp3) is 0.211. The molecule has 1 amide bonds. The van der Waals surface area contributed by atoms with Gasteiger partial charge in [-0.05, 0) is 18.6 Å². The quantitative estimate of drug-likeness (QED) is 0.457. The number of benzene rings is 1. The molecule has 3 rings (SSSR count). The van der Waals surface area contributed by atoms with Crippen LogP contribution in [0, 0.1) is 17.5 Å². The Morgan fingerprint density at radius 3 is 2.35 bits per heavy atom. The first-order chi connectivity index (χ1) is 14.4. The minimum atomic E-state index is -4.79. The molecule has 0 aliphatic rings. The van der Waals surface area contributed by atoms with Crippen molar-refractivity contribution in [3.8, 4) is 5.69 Å². The number of hydrogen-bond donors (Lipinski definition) is 1. The minimum absolute atomic E-state index is 0.177. The first-order valence-electron chi connectivity index (χ1n) is 8.68. The molecule has 0 spiro atoms. The van der Waals surface area contributed by atoms with E-state index in [0.717, 1.165) is 12.1 Å². The highest BCUT2D eigenvalue weighted by molar-refractivity contribution is 6.29. The Morgan fingerprint density at radius 1 is 1.19 bits per heavy atom. The maximum Gasteiger partial charge on any atom is 0.408 e. The third-order valence-electron chi connectivity index (χ3n) is 4.39. The summed E-state index contributed by atoms with van der Waals surface area (Å²) in [4.78, 5) is 29.0. The van der Waals surface area contributed by atoms with E-state index < -0.39 is 58.7 Å². The molecule has 0 unspecified atom stereocenters. The maximum atomic E-state index is 14.4. The summed E-state index contributed by atoms with van der Waals surface area (Å²) in [5.74, 6) is -5.46. The molecule has 5 nitrogen and oxygen atoms in total. The van der Waals surface area contributed by atoms with E-state index in [1.54, 1.807) is 5.32 Å². The van der Waals surface area contributed by atoms with Gasteiger partial charge < -0.3 is 5.32 Å². The standard InChI is InChI=1S/C19H12ClF6N3O2/c1-2-13(19(24,25)26)27-18(31)10-7-29(15-11(22)5-8(21)6-12(15)23)17-9(16(10)30)3-4-14(20)28-17/h3-7,13H,2H2,1H3,(H,27,31)/t13-/m1/s1. The smallest absolute Gasteiger partial charge is 0.340 e. The van der Waals surface area contributed by atoms with Crippen LogP contribution in [0.25, 0.3) is 16.7 Å². The van der Waals surface area contributed by atoms with Gasteiger partial charge in [-0.1, -0.05) is 18.5 Å². The molecule has 0 aliphatic carbocycles. The zero-order valence-corrected chi connectivity index (χ0v) is 16.3. The van der Waals surface area contributed by atoms with Gasteiger partial charge in [-0.25, -0.2) is 18.2 Å². The topological polar surface area (TPSA) is 64.0 Å². The number of carbonyl (C=O) groups excluding carboxylic acids is 1. The van der Waals surface area contributed by atoms with E-state index in [9.17, 15) is 35.9 Å². The monoisotopic (exact) mass is 463 g/mol. The van der Waals surface area contributed by atoms with Gasteiger partial charge in [0.05, 0.1) is 5.39 Å². The van der Waals surface area contributed by atoms with Crippen molar-refractivity contribution in [3.63, 3.8) is 0 Å². The van der Waals surface area contributed by atoms with Crippen molar-refractivity contribution in [1.82, 2.24) is 14.9 Å². The lowest BCUT2D eigenvalue weighted by atomic mass is 10.1. The normalized spacial score (nSPS) is 12.8. The van der Waals surface area contributed by atoms with Crippen molar-refractivity contribution in [2.24, 2.45) is 0 Å². The van der Waals surface area contributed by atoms with Gasteiger partial charge in [-0.3, -0.25) is 14.2 Å². The van der Waals surface area contributed by atoms with Gasteiger partial charge in [0, 0.05) is 18.3 Å². The predicted octanol–water partition coefficient (Wildman–Crippen LogP) is 4.53. The molecule has 31 heavy (non-hydrogen) atoms. The van der Waals surface area contributed by atoms with Gasteiger partial charge in [-0.2, -0.15) is 13.2 Å². The lowest BCUT2D eigenvalue weighted by molar-refractivity contribution is -0.153. The van der Waals surface area contributed by atoms with Gasteiger partial charge in [-0.15, -0.1) is 0 Å². The van der Waals surface area contributed by atoms with Crippen molar-refractivity contribution in [2.45, 2.75) is 25.6 Å². The van der Waals surface area contributed by atoms with Crippen molar-refractivity contribution < 1.29 is 31.1 Å². The molecule has 0 radical (unpaired) electrons. The zero-order valence-electron chi connectivity index (χ0n) is 15.5. The number of aromatic nitrogens is 2. The largest absolute Gasteiger partial charge is 0.408 e. The number of pyridine rings is 2. The highest BCUT2D eigenvalue weighted by atomic mass is 35.5. The van der Waals surface area contributed by atoms with E-state index in [4.69, 9.17) is 11.6 Å². The van der Waals surface area contributed by atoms with E-state index in [1.165, 1.54) is 6.92 Å². The van der Waals surface area contributed by atoms with Crippen LogP contribution >= 0.6 is 11.6 Å². The zero-order chi connectivity index (χ0) is 23.1. The van der Waals surface area contributed by atoms with Crippen molar-refractivity contribution in [1.29, 1.82) is 0 Å². The van der Waals surface area contributed by atoms with Crippen LogP contribution in [-0.2, 0) is 0 Å². The van der Waals surface area contributed by atoms with Crippen molar-refractivity contribution in [2.75, 3.05) is 0 Å². The fourth-order valence-electron chi connectivity index (χ4n) is 2.93. The SMILES string of the molecule is CC[C@@H](NC(=O)c1cn(-c2c(F)cc(F)cc2F)c2nc(Cl)ccc2c1=O)C(F)(F)F. The lowest BCUT2D eigenvalue weighted by Crippen LogP contribution is -2.46. The van der Waals surface area contributed by atoms with Gasteiger partial charge in [0.25, 0.3) is 5.91 Å². The van der Waals surface area contributed by atoms with E-state index in [1.807, 2.05) is 0 Å². The molecule has 0 saturated heterocycles. The van der Waals surface area contributed by atoms with Crippen LogP contribution in [0.5, 0.6) is 0 Å². The number of hydrogen-bond acceptors (Lipinski definition) is 3. The Balaban J connectivity index is 2.29. The number of nitrogens with one attached hydrogen (secondary N) is 1.